The second-order valence-corrected chi connectivity index (χ2v) is 10.7. The number of phenolic OH excluding ortho intramolecular Hbond substituents is 1. The molecule has 1 saturated carbocycles. The summed E-state index contributed by atoms with van der Waals surface area (Å²) in [5.74, 6) is -6.55. The van der Waals surface area contributed by atoms with Crippen molar-refractivity contribution in [2.45, 2.75) is 44.2 Å². The van der Waals surface area contributed by atoms with Gasteiger partial charge in [-0.05, 0) is 61.9 Å². The highest BCUT2D eigenvalue weighted by atomic mass is 35.5. The van der Waals surface area contributed by atoms with Crippen molar-refractivity contribution in [2.24, 2.45) is 17.6 Å². The van der Waals surface area contributed by atoms with Gasteiger partial charge in [-0.15, -0.1) is 0 Å². The molecule has 1 aromatic carbocycles. The first-order valence-electron chi connectivity index (χ1n) is 12.5. The number of ketones is 2. The highest BCUT2D eigenvalue weighted by Crippen LogP contribution is 2.53. The van der Waals surface area contributed by atoms with Gasteiger partial charge in [0, 0.05) is 42.6 Å². The molecule has 3 atom stereocenters. The molecule has 198 valence electrons. The number of halogens is 1. The minimum absolute atomic E-state index is 0.00190. The van der Waals surface area contributed by atoms with E-state index in [0.717, 1.165) is 26.2 Å². The van der Waals surface area contributed by atoms with Gasteiger partial charge in [-0.25, -0.2) is 0 Å². The molecule has 37 heavy (non-hydrogen) atoms. The summed E-state index contributed by atoms with van der Waals surface area (Å²) in [4.78, 5) is 40.1. The summed E-state index contributed by atoms with van der Waals surface area (Å²) in [7, 11) is 0. The van der Waals surface area contributed by atoms with Crippen molar-refractivity contribution >= 4 is 34.8 Å². The van der Waals surface area contributed by atoms with E-state index in [1.54, 1.807) is 0 Å². The molecule has 4 aliphatic rings. The molecule has 1 amide bonds. The summed E-state index contributed by atoms with van der Waals surface area (Å²) in [6.45, 7) is 4.25. The van der Waals surface area contributed by atoms with Gasteiger partial charge in [0.15, 0.2) is 11.4 Å². The normalized spacial score (nSPS) is 27.8. The van der Waals surface area contributed by atoms with Crippen LogP contribution in [0.4, 0.5) is 0 Å². The van der Waals surface area contributed by atoms with Crippen LogP contribution in [0.15, 0.2) is 23.0 Å². The Labute approximate surface area is 218 Å². The van der Waals surface area contributed by atoms with Crippen LogP contribution in [0.2, 0.25) is 5.02 Å². The van der Waals surface area contributed by atoms with E-state index in [-0.39, 0.29) is 36.1 Å². The molecule has 1 unspecified atom stereocenters. The molecule has 7 N–H and O–H groups in total. The third-order valence-electron chi connectivity index (χ3n) is 8.19. The molecule has 0 radical (unpaired) electrons. The third-order valence-corrected chi connectivity index (χ3v) is 8.66. The largest absolute Gasteiger partial charge is 0.508 e. The Hall–Kier alpha value is -2.92. The minimum atomic E-state index is -2.58. The zero-order valence-corrected chi connectivity index (χ0v) is 21.0. The van der Waals surface area contributed by atoms with Crippen molar-refractivity contribution in [3.63, 3.8) is 0 Å². The van der Waals surface area contributed by atoms with Gasteiger partial charge in [-0.1, -0.05) is 11.6 Å². The summed E-state index contributed by atoms with van der Waals surface area (Å²) in [6, 6.07) is 1.44. The lowest BCUT2D eigenvalue weighted by atomic mass is 9.59. The average molecular weight is 532 g/mol. The predicted molar refractivity (Wildman–Crippen MR) is 134 cm³/mol. The number of rotatable bonds is 6. The van der Waals surface area contributed by atoms with Gasteiger partial charge in [-0.2, -0.15) is 0 Å². The number of primary amides is 1. The Bertz CT molecular complexity index is 1270. The van der Waals surface area contributed by atoms with Gasteiger partial charge in [0.25, 0.3) is 5.91 Å². The molecule has 0 aromatic heterocycles. The van der Waals surface area contributed by atoms with Crippen LogP contribution in [0.3, 0.4) is 0 Å². The van der Waals surface area contributed by atoms with E-state index < -0.39 is 52.0 Å². The Balaban J connectivity index is 1.47. The first-order chi connectivity index (χ1) is 17.6. The molecule has 0 spiro atoms. The van der Waals surface area contributed by atoms with E-state index in [1.807, 2.05) is 0 Å². The molecule has 10 nitrogen and oxygen atoms in total. The Morgan fingerprint density at radius 2 is 1.89 bits per heavy atom. The summed E-state index contributed by atoms with van der Waals surface area (Å²) in [5.41, 5.74) is 2.76. The lowest BCUT2D eigenvalue weighted by molar-refractivity contribution is -0.147. The first-order valence-corrected chi connectivity index (χ1v) is 12.9. The molecule has 1 heterocycles. The number of amides is 1. The molecule has 5 rings (SSSR count). The van der Waals surface area contributed by atoms with Gasteiger partial charge in [0.1, 0.15) is 22.8 Å². The lowest BCUT2D eigenvalue weighted by Crippen LogP contribution is -2.58. The van der Waals surface area contributed by atoms with Gasteiger partial charge >= 0.3 is 0 Å². The SMILES string of the molecule is NC(=O)C1=C(O)[C@@]2(O)C(=O)C3=C(O)c4c(O)cc(CNCCN5CCCC5)c(Cl)c4CC3C[C@H]2CC1=O. The van der Waals surface area contributed by atoms with Crippen molar-refractivity contribution in [3.8, 4) is 5.75 Å². The van der Waals surface area contributed by atoms with Crippen LogP contribution < -0.4 is 11.1 Å². The molecular formula is C26H30ClN3O7. The van der Waals surface area contributed by atoms with E-state index in [4.69, 9.17) is 17.3 Å². The standard InChI is InChI=1S/C26H30ClN3O7/c27-21-13(11-29-3-6-30-4-1-2-5-30)9-16(31)19-15(21)8-12-7-14-10-17(32)20(25(28)36)24(35)26(14,37)23(34)18(12)22(19)33/h9,12,14,29,31,33,35,37H,1-8,10-11H2,(H2,28,36)/t12?,14-,26-/m0/s1. The summed E-state index contributed by atoms with van der Waals surface area (Å²) in [5, 5.41) is 47.5. The Morgan fingerprint density at radius 3 is 2.57 bits per heavy atom. The predicted octanol–water partition coefficient (Wildman–Crippen LogP) is 1.26. The molecule has 0 bridgehead atoms. The number of aliphatic hydroxyl groups is 3. The molecule has 1 aliphatic heterocycles. The number of carbonyl (C=O) groups is 3. The van der Waals surface area contributed by atoms with Crippen LogP contribution in [-0.4, -0.2) is 74.6 Å². The second kappa shape index (κ2) is 9.43. The van der Waals surface area contributed by atoms with E-state index >= 15 is 0 Å². The zero-order valence-electron chi connectivity index (χ0n) is 20.2. The molecule has 11 heteroatoms. The van der Waals surface area contributed by atoms with E-state index in [0.29, 0.717) is 22.7 Å². The zero-order chi connectivity index (χ0) is 26.6. The monoisotopic (exact) mass is 531 g/mol. The van der Waals surface area contributed by atoms with Gasteiger partial charge in [-0.3, -0.25) is 14.4 Å². The molecule has 2 fully saturated rings. The van der Waals surface area contributed by atoms with Crippen LogP contribution in [0.5, 0.6) is 5.75 Å². The lowest BCUT2D eigenvalue weighted by Gasteiger charge is -2.46. The van der Waals surface area contributed by atoms with E-state index in [2.05, 4.69) is 10.2 Å². The van der Waals surface area contributed by atoms with Gasteiger partial charge in [0.2, 0.25) is 5.78 Å². The van der Waals surface area contributed by atoms with Crippen molar-refractivity contribution in [3.05, 3.63) is 44.7 Å². The van der Waals surface area contributed by atoms with Gasteiger partial charge in [0.05, 0.1) is 5.56 Å². The number of aromatic hydroxyl groups is 1. The number of hydrogen-bond donors (Lipinski definition) is 6. The maximum Gasteiger partial charge on any atom is 0.255 e. The van der Waals surface area contributed by atoms with Crippen molar-refractivity contribution < 1.29 is 34.8 Å². The van der Waals surface area contributed by atoms with Crippen LogP contribution in [-0.2, 0) is 27.3 Å². The Kier molecular flexibility index (Phi) is 6.56. The molecule has 1 aromatic rings. The number of hydrogen-bond acceptors (Lipinski definition) is 9. The van der Waals surface area contributed by atoms with Crippen LogP contribution in [0, 0.1) is 11.8 Å². The van der Waals surface area contributed by atoms with E-state index in [9.17, 15) is 34.8 Å². The van der Waals surface area contributed by atoms with Crippen LogP contribution >= 0.6 is 11.6 Å². The second-order valence-electron chi connectivity index (χ2n) is 10.4. The third kappa shape index (κ3) is 4.03. The number of benzene rings is 1. The summed E-state index contributed by atoms with van der Waals surface area (Å²) in [6.07, 6.45) is 2.31. The number of carbonyl (C=O) groups excluding carboxylic acids is 3. The van der Waals surface area contributed by atoms with E-state index in [1.165, 1.54) is 18.9 Å². The number of fused-ring (bicyclic) bond motifs is 3. The fourth-order valence-electron chi connectivity index (χ4n) is 6.32. The number of nitrogens with two attached hydrogens (primary N) is 1. The van der Waals surface area contributed by atoms with Crippen LogP contribution in [0.1, 0.15) is 42.4 Å². The topological polar surface area (TPSA) is 173 Å². The quantitative estimate of drug-likeness (QED) is 0.233. The molecular weight excluding hydrogens is 502 g/mol. The molecule has 3 aliphatic carbocycles. The highest BCUT2D eigenvalue weighted by Gasteiger charge is 2.60. The maximum absolute atomic E-state index is 13.5. The smallest absolute Gasteiger partial charge is 0.255 e. The van der Waals surface area contributed by atoms with Crippen molar-refractivity contribution in [1.29, 1.82) is 0 Å². The van der Waals surface area contributed by atoms with Crippen LogP contribution in [0.25, 0.3) is 5.76 Å². The number of nitrogens with zero attached hydrogens (tertiary/aromatic N) is 1. The minimum Gasteiger partial charge on any atom is -0.508 e. The van der Waals surface area contributed by atoms with Gasteiger partial charge < -0.3 is 36.4 Å². The number of Topliss-reactive ketones (excluding diaryl/α,β-unsaturated/α-hetero) is 2. The number of nitrogens with one attached hydrogen (secondary N) is 1. The summed E-state index contributed by atoms with van der Waals surface area (Å²) < 4.78 is 0. The van der Waals surface area contributed by atoms with Crippen molar-refractivity contribution in [2.75, 3.05) is 26.2 Å². The average Bonchev–Trinajstić information content (AvgIpc) is 3.35. The highest BCUT2D eigenvalue weighted by molar-refractivity contribution is 6.32. The molecule has 1 saturated heterocycles. The Morgan fingerprint density at radius 1 is 1.19 bits per heavy atom. The maximum atomic E-state index is 13.5. The fourth-order valence-corrected chi connectivity index (χ4v) is 6.61. The summed E-state index contributed by atoms with van der Waals surface area (Å²) >= 11 is 6.72. The fraction of sp³-hybridized carbons (Fsp3) is 0.500. The number of phenols is 1. The van der Waals surface area contributed by atoms with Crippen molar-refractivity contribution in [1.82, 2.24) is 10.2 Å². The first kappa shape index (κ1) is 25.7. The number of aliphatic hydroxyl groups excluding tert-OH is 2. The number of likely N-dealkylation sites (tertiary alicyclic amines) is 1.